The zero-order valence-electron chi connectivity index (χ0n) is 12.4. The lowest BCUT2D eigenvalue weighted by Crippen LogP contribution is -2.03. The SMILES string of the molecule is CC(C)P1C(c2ccccc2)CCC1c1ccccc1. The fraction of sp³-hybridized carbons (Fsp3) is 0.368. The summed E-state index contributed by atoms with van der Waals surface area (Å²) in [7, 11) is 0.0165. The Morgan fingerprint density at radius 2 is 1.15 bits per heavy atom. The summed E-state index contributed by atoms with van der Waals surface area (Å²) >= 11 is 0. The average molecular weight is 282 g/mol. The molecule has 104 valence electrons. The Bertz CT molecular complexity index is 485. The molecule has 2 aromatic rings. The minimum absolute atomic E-state index is 0.0165. The molecule has 1 heteroatoms. The summed E-state index contributed by atoms with van der Waals surface area (Å²) in [6.45, 7) is 4.84. The van der Waals surface area contributed by atoms with E-state index in [1.807, 2.05) is 0 Å². The molecule has 3 rings (SSSR count). The Kier molecular flexibility index (Phi) is 4.22. The smallest absolute Gasteiger partial charge is 0.00499 e. The average Bonchev–Trinajstić information content (AvgIpc) is 2.94. The van der Waals surface area contributed by atoms with Crippen molar-refractivity contribution in [2.75, 3.05) is 0 Å². The van der Waals surface area contributed by atoms with Crippen LogP contribution in [0.3, 0.4) is 0 Å². The first kappa shape index (κ1) is 13.8. The van der Waals surface area contributed by atoms with Gasteiger partial charge in [-0.3, -0.25) is 0 Å². The summed E-state index contributed by atoms with van der Waals surface area (Å²) in [5.41, 5.74) is 5.49. The molecule has 1 aliphatic heterocycles. The maximum atomic E-state index is 2.42. The maximum Gasteiger partial charge on any atom is 0.00499 e. The van der Waals surface area contributed by atoms with Gasteiger partial charge in [-0.25, -0.2) is 0 Å². The molecule has 20 heavy (non-hydrogen) atoms. The van der Waals surface area contributed by atoms with Crippen molar-refractivity contribution >= 4 is 7.92 Å². The molecule has 0 amide bonds. The number of hydrogen-bond acceptors (Lipinski definition) is 0. The molecule has 0 aromatic heterocycles. The van der Waals surface area contributed by atoms with Crippen LogP contribution in [0.4, 0.5) is 0 Å². The van der Waals surface area contributed by atoms with Crippen LogP contribution in [-0.4, -0.2) is 5.66 Å². The molecule has 1 heterocycles. The third-order valence-corrected chi connectivity index (χ3v) is 8.14. The highest BCUT2D eigenvalue weighted by atomic mass is 31.1. The van der Waals surface area contributed by atoms with Gasteiger partial charge in [-0.2, -0.15) is 0 Å². The Hall–Kier alpha value is -1.13. The van der Waals surface area contributed by atoms with Gasteiger partial charge in [-0.1, -0.05) is 82.4 Å². The predicted molar refractivity (Wildman–Crippen MR) is 89.7 cm³/mol. The van der Waals surface area contributed by atoms with Crippen molar-refractivity contribution in [3.63, 3.8) is 0 Å². The van der Waals surface area contributed by atoms with Crippen molar-refractivity contribution in [1.82, 2.24) is 0 Å². The van der Waals surface area contributed by atoms with Gasteiger partial charge in [0.2, 0.25) is 0 Å². The molecule has 0 spiro atoms. The van der Waals surface area contributed by atoms with Gasteiger partial charge in [0.25, 0.3) is 0 Å². The van der Waals surface area contributed by atoms with E-state index in [-0.39, 0.29) is 7.92 Å². The monoisotopic (exact) mass is 282 g/mol. The summed E-state index contributed by atoms with van der Waals surface area (Å²) < 4.78 is 0. The third kappa shape index (κ3) is 2.67. The van der Waals surface area contributed by atoms with Gasteiger partial charge >= 0.3 is 0 Å². The second-order valence-electron chi connectivity index (χ2n) is 5.97. The molecule has 0 radical (unpaired) electrons. The summed E-state index contributed by atoms with van der Waals surface area (Å²) in [6.07, 6.45) is 2.71. The molecule has 1 aliphatic rings. The Balaban J connectivity index is 1.92. The number of rotatable bonds is 3. The van der Waals surface area contributed by atoms with Crippen LogP contribution in [0.25, 0.3) is 0 Å². The Morgan fingerprint density at radius 3 is 1.50 bits per heavy atom. The molecule has 0 aliphatic carbocycles. The van der Waals surface area contributed by atoms with Crippen LogP contribution in [0.2, 0.25) is 0 Å². The van der Waals surface area contributed by atoms with E-state index in [0.29, 0.717) is 0 Å². The van der Waals surface area contributed by atoms with Crippen LogP contribution in [0.15, 0.2) is 60.7 Å². The lowest BCUT2D eigenvalue weighted by molar-refractivity contribution is 0.765. The van der Waals surface area contributed by atoms with Crippen LogP contribution in [0.1, 0.15) is 49.1 Å². The van der Waals surface area contributed by atoms with Crippen LogP contribution in [0.5, 0.6) is 0 Å². The van der Waals surface area contributed by atoms with Gasteiger partial charge in [0.1, 0.15) is 0 Å². The van der Waals surface area contributed by atoms with Crippen molar-refractivity contribution < 1.29 is 0 Å². The van der Waals surface area contributed by atoms with Crippen LogP contribution < -0.4 is 0 Å². The minimum atomic E-state index is 0.0165. The predicted octanol–water partition coefficient (Wildman–Crippen LogP) is 6.15. The number of benzene rings is 2. The van der Waals surface area contributed by atoms with Gasteiger partial charge < -0.3 is 0 Å². The van der Waals surface area contributed by atoms with Crippen LogP contribution >= 0.6 is 7.92 Å². The molecule has 0 saturated carbocycles. The van der Waals surface area contributed by atoms with E-state index in [1.54, 1.807) is 11.1 Å². The van der Waals surface area contributed by atoms with E-state index >= 15 is 0 Å². The molecule has 1 saturated heterocycles. The molecule has 2 unspecified atom stereocenters. The highest BCUT2D eigenvalue weighted by molar-refractivity contribution is 7.59. The first-order chi connectivity index (χ1) is 9.77. The molecule has 2 atom stereocenters. The van der Waals surface area contributed by atoms with Gasteiger partial charge in [-0.15, -0.1) is 0 Å². The van der Waals surface area contributed by atoms with Gasteiger partial charge in [-0.05, 0) is 29.6 Å². The largest absolute Gasteiger partial charge is 0.0887 e. The summed E-state index contributed by atoms with van der Waals surface area (Å²) in [5.74, 6) is 0. The van der Waals surface area contributed by atoms with Crippen molar-refractivity contribution in [1.29, 1.82) is 0 Å². The normalized spacial score (nSPS) is 26.1. The quantitative estimate of drug-likeness (QED) is 0.592. The van der Waals surface area contributed by atoms with E-state index in [1.165, 1.54) is 12.8 Å². The summed E-state index contributed by atoms with van der Waals surface area (Å²) in [6, 6.07) is 22.3. The lowest BCUT2D eigenvalue weighted by Gasteiger charge is -2.30. The van der Waals surface area contributed by atoms with Gasteiger partial charge in [0.15, 0.2) is 0 Å². The molecule has 0 bridgehead atoms. The van der Waals surface area contributed by atoms with E-state index in [9.17, 15) is 0 Å². The zero-order valence-corrected chi connectivity index (χ0v) is 13.3. The second kappa shape index (κ2) is 6.10. The highest BCUT2D eigenvalue weighted by Crippen LogP contribution is 2.72. The van der Waals surface area contributed by atoms with E-state index in [2.05, 4.69) is 74.5 Å². The molecular formula is C19H23P. The van der Waals surface area contributed by atoms with E-state index < -0.39 is 0 Å². The molecule has 0 N–H and O–H groups in total. The zero-order chi connectivity index (χ0) is 13.9. The fourth-order valence-electron chi connectivity index (χ4n) is 3.58. The summed E-state index contributed by atoms with van der Waals surface area (Å²) in [5, 5.41) is 0. The van der Waals surface area contributed by atoms with Crippen molar-refractivity contribution in [3.8, 4) is 0 Å². The number of hydrogen-bond donors (Lipinski definition) is 0. The molecule has 1 fully saturated rings. The molecule has 2 aromatic carbocycles. The maximum absolute atomic E-state index is 2.42. The third-order valence-electron chi connectivity index (χ3n) is 4.40. The lowest BCUT2D eigenvalue weighted by atomic mass is 10.0. The highest BCUT2D eigenvalue weighted by Gasteiger charge is 2.38. The minimum Gasteiger partial charge on any atom is -0.0887 e. The summed E-state index contributed by atoms with van der Waals surface area (Å²) in [4.78, 5) is 0. The fourth-order valence-corrected chi connectivity index (χ4v) is 7.38. The second-order valence-corrected chi connectivity index (χ2v) is 9.15. The topological polar surface area (TPSA) is 0 Å². The van der Waals surface area contributed by atoms with E-state index in [4.69, 9.17) is 0 Å². The standard InChI is InChI=1S/C19H23P/c1-15(2)20-18(16-9-5-3-6-10-16)13-14-19(20)17-11-7-4-8-12-17/h3-12,15,18-19H,13-14H2,1-2H3. The van der Waals surface area contributed by atoms with Crippen LogP contribution in [0, 0.1) is 0 Å². The van der Waals surface area contributed by atoms with E-state index in [0.717, 1.165) is 17.0 Å². The molecule has 0 nitrogen and oxygen atoms in total. The Morgan fingerprint density at radius 1 is 0.750 bits per heavy atom. The van der Waals surface area contributed by atoms with Crippen LogP contribution in [-0.2, 0) is 0 Å². The van der Waals surface area contributed by atoms with Crippen molar-refractivity contribution in [3.05, 3.63) is 71.8 Å². The van der Waals surface area contributed by atoms with Crippen molar-refractivity contribution in [2.45, 2.75) is 43.7 Å². The van der Waals surface area contributed by atoms with Gasteiger partial charge in [0.05, 0.1) is 0 Å². The first-order valence-electron chi connectivity index (χ1n) is 7.64. The van der Waals surface area contributed by atoms with Gasteiger partial charge in [0, 0.05) is 11.3 Å². The molecular weight excluding hydrogens is 259 g/mol. The first-order valence-corrected chi connectivity index (χ1v) is 9.19. The Labute approximate surface area is 124 Å². The van der Waals surface area contributed by atoms with Crippen molar-refractivity contribution in [2.24, 2.45) is 0 Å².